The number of carbonyl (C=O) groups is 2. The van der Waals surface area contributed by atoms with E-state index in [2.05, 4.69) is 5.32 Å². The van der Waals surface area contributed by atoms with Crippen LogP contribution in [0.5, 0.6) is 5.75 Å². The van der Waals surface area contributed by atoms with E-state index in [4.69, 9.17) is 19.9 Å². The molecule has 172 valence electrons. The van der Waals surface area contributed by atoms with Gasteiger partial charge in [-0.1, -0.05) is 12.2 Å². The van der Waals surface area contributed by atoms with Crippen molar-refractivity contribution in [3.63, 3.8) is 0 Å². The zero-order chi connectivity index (χ0) is 23.4. The highest BCUT2D eigenvalue weighted by molar-refractivity contribution is 5.95. The van der Waals surface area contributed by atoms with E-state index in [-0.39, 0.29) is 48.2 Å². The average molecular weight is 437 g/mol. The molecule has 0 saturated heterocycles. The van der Waals surface area contributed by atoms with Crippen LogP contribution in [0.15, 0.2) is 24.3 Å². The molecule has 0 spiro atoms. The second-order valence-electron chi connectivity index (χ2n) is 7.66. The molecule has 1 rings (SSSR count). The first kappa shape index (κ1) is 25.9. The van der Waals surface area contributed by atoms with Crippen molar-refractivity contribution in [3.8, 4) is 5.75 Å². The minimum Gasteiger partial charge on any atom is -0.491 e. The molecule has 10 nitrogen and oxygen atoms in total. The average Bonchev–Trinajstić information content (AvgIpc) is 2.66. The second-order valence-corrected chi connectivity index (χ2v) is 7.66. The quantitative estimate of drug-likeness (QED) is 0.157. The number of ether oxygens (including phenoxy) is 3. The monoisotopic (exact) mass is 437 g/mol. The second kappa shape index (κ2) is 12.5. The molecule has 0 saturated carbocycles. The first-order valence-electron chi connectivity index (χ1n) is 9.90. The number of hydrogen-bond donors (Lipinski definition) is 2. The summed E-state index contributed by atoms with van der Waals surface area (Å²) in [6.45, 7) is 6.36. The van der Waals surface area contributed by atoms with Crippen LogP contribution in [0.25, 0.3) is 0 Å². The standard InChI is InChI=1S/C21H31N3O7/c1-21(2,3)31-18(25)9-6-5-7-10-23-19-16(24(27)28)13-15(20(22)26)14-17(19)30-12-8-11-29-4/h5,7,13-14,23H,6,8-12H2,1-4H3,(H2,22,26)/b7-5+. The summed E-state index contributed by atoms with van der Waals surface area (Å²) >= 11 is 0. The van der Waals surface area contributed by atoms with Crippen molar-refractivity contribution in [2.45, 2.75) is 45.6 Å². The Bertz CT molecular complexity index is 801. The Balaban J connectivity index is 2.84. The van der Waals surface area contributed by atoms with Gasteiger partial charge < -0.3 is 25.3 Å². The number of rotatable bonds is 13. The van der Waals surface area contributed by atoms with Gasteiger partial charge >= 0.3 is 5.97 Å². The predicted molar refractivity (Wildman–Crippen MR) is 116 cm³/mol. The number of nitro groups is 1. The largest absolute Gasteiger partial charge is 0.491 e. The molecule has 31 heavy (non-hydrogen) atoms. The minimum atomic E-state index is -0.793. The fourth-order valence-electron chi connectivity index (χ4n) is 2.52. The Morgan fingerprint density at radius 2 is 1.94 bits per heavy atom. The SMILES string of the molecule is COCCCOc1cc(C(N)=O)cc([N+](=O)[O-])c1NC/C=C/CCC(=O)OC(C)(C)C. The maximum Gasteiger partial charge on any atom is 0.306 e. The number of nitro benzene ring substituents is 1. The zero-order valence-electron chi connectivity index (χ0n) is 18.4. The van der Waals surface area contributed by atoms with Crippen molar-refractivity contribution in [1.29, 1.82) is 0 Å². The lowest BCUT2D eigenvalue weighted by Crippen LogP contribution is -2.23. The van der Waals surface area contributed by atoms with Crippen molar-refractivity contribution in [2.24, 2.45) is 5.73 Å². The van der Waals surface area contributed by atoms with Crippen LogP contribution in [0.4, 0.5) is 11.4 Å². The Morgan fingerprint density at radius 3 is 2.52 bits per heavy atom. The van der Waals surface area contributed by atoms with E-state index in [1.54, 1.807) is 40.0 Å². The van der Waals surface area contributed by atoms with Gasteiger partial charge in [0, 0.05) is 44.7 Å². The van der Waals surface area contributed by atoms with Gasteiger partial charge in [-0.05, 0) is 33.3 Å². The molecule has 0 bridgehead atoms. The summed E-state index contributed by atoms with van der Waals surface area (Å²) in [7, 11) is 1.56. The van der Waals surface area contributed by atoms with Gasteiger partial charge in [0.25, 0.3) is 5.69 Å². The molecular formula is C21H31N3O7. The number of amides is 1. The summed E-state index contributed by atoms with van der Waals surface area (Å²) < 4.78 is 15.8. The van der Waals surface area contributed by atoms with Crippen molar-refractivity contribution in [1.82, 2.24) is 0 Å². The summed E-state index contributed by atoms with van der Waals surface area (Å²) in [6.07, 6.45) is 4.79. The molecule has 0 atom stereocenters. The van der Waals surface area contributed by atoms with Crippen LogP contribution in [-0.4, -0.2) is 49.3 Å². The molecule has 1 amide bonds. The summed E-state index contributed by atoms with van der Waals surface area (Å²) in [6, 6.07) is 2.48. The lowest BCUT2D eigenvalue weighted by atomic mass is 10.1. The first-order valence-corrected chi connectivity index (χ1v) is 9.90. The van der Waals surface area contributed by atoms with E-state index >= 15 is 0 Å². The normalized spacial score (nSPS) is 11.4. The highest BCUT2D eigenvalue weighted by atomic mass is 16.6. The number of allylic oxidation sites excluding steroid dienone is 1. The van der Waals surface area contributed by atoms with Crippen molar-refractivity contribution >= 4 is 23.3 Å². The number of nitrogens with zero attached hydrogens (tertiary/aromatic N) is 1. The van der Waals surface area contributed by atoms with Crippen molar-refractivity contribution in [2.75, 3.05) is 32.2 Å². The van der Waals surface area contributed by atoms with Gasteiger partial charge in [-0.15, -0.1) is 0 Å². The number of methoxy groups -OCH3 is 1. The van der Waals surface area contributed by atoms with Crippen LogP contribution in [0, 0.1) is 10.1 Å². The molecule has 0 aliphatic heterocycles. The number of benzene rings is 1. The third-order valence-corrected chi connectivity index (χ3v) is 3.81. The van der Waals surface area contributed by atoms with E-state index < -0.39 is 16.4 Å². The summed E-state index contributed by atoms with van der Waals surface area (Å²) in [5.74, 6) is -0.936. The number of hydrogen-bond acceptors (Lipinski definition) is 8. The lowest BCUT2D eigenvalue weighted by molar-refractivity contribution is -0.384. The van der Waals surface area contributed by atoms with Gasteiger partial charge in [-0.2, -0.15) is 0 Å². The number of nitrogens with one attached hydrogen (secondary N) is 1. The molecule has 0 unspecified atom stereocenters. The first-order chi connectivity index (χ1) is 14.5. The molecule has 1 aromatic carbocycles. The van der Waals surface area contributed by atoms with E-state index in [1.165, 1.54) is 6.07 Å². The van der Waals surface area contributed by atoms with E-state index in [0.29, 0.717) is 19.4 Å². The Kier molecular flexibility index (Phi) is 10.5. The smallest absolute Gasteiger partial charge is 0.306 e. The van der Waals surface area contributed by atoms with Crippen molar-refractivity contribution < 1.29 is 28.7 Å². The van der Waals surface area contributed by atoms with Crippen LogP contribution in [0.2, 0.25) is 0 Å². The molecule has 3 N–H and O–H groups in total. The fourth-order valence-corrected chi connectivity index (χ4v) is 2.52. The van der Waals surface area contributed by atoms with Gasteiger partial charge in [0.05, 0.1) is 11.5 Å². The van der Waals surface area contributed by atoms with E-state index in [1.807, 2.05) is 0 Å². The number of primary amides is 1. The van der Waals surface area contributed by atoms with Gasteiger partial charge in [-0.25, -0.2) is 0 Å². The highest BCUT2D eigenvalue weighted by Crippen LogP contribution is 2.36. The number of esters is 1. The van der Waals surface area contributed by atoms with Gasteiger partial charge in [0.1, 0.15) is 11.4 Å². The van der Waals surface area contributed by atoms with E-state index in [9.17, 15) is 19.7 Å². The van der Waals surface area contributed by atoms with Gasteiger partial charge in [0.2, 0.25) is 5.91 Å². The van der Waals surface area contributed by atoms with Crippen molar-refractivity contribution in [3.05, 3.63) is 40.0 Å². The molecular weight excluding hydrogens is 406 g/mol. The van der Waals surface area contributed by atoms with Crippen LogP contribution in [0.3, 0.4) is 0 Å². The Morgan fingerprint density at radius 1 is 1.23 bits per heavy atom. The van der Waals surface area contributed by atoms with Crippen LogP contribution >= 0.6 is 0 Å². The molecule has 0 heterocycles. The predicted octanol–water partition coefficient (Wildman–Crippen LogP) is 3.20. The lowest BCUT2D eigenvalue weighted by Gasteiger charge is -2.19. The Hall–Kier alpha value is -3.14. The molecule has 0 aliphatic rings. The molecule has 0 fully saturated rings. The summed E-state index contributed by atoms with van der Waals surface area (Å²) in [5.41, 5.74) is 4.56. The molecule has 0 aromatic heterocycles. The minimum absolute atomic E-state index is 0.0214. The highest BCUT2D eigenvalue weighted by Gasteiger charge is 2.22. The number of anilines is 1. The summed E-state index contributed by atoms with van der Waals surface area (Å²) in [5, 5.41) is 14.5. The maximum absolute atomic E-state index is 11.7. The van der Waals surface area contributed by atoms with Crippen LogP contribution < -0.4 is 15.8 Å². The summed E-state index contributed by atoms with van der Waals surface area (Å²) in [4.78, 5) is 34.2. The third kappa shape index (κ3) is 9.94. The Labute approximate surface area is 181 Å². The molecule has 10 heteroatoms. The van der Waals surface area contributed by atoms with Crippen LogP contribution in [-0.2, 0) is 14.3 Å². The third-order valence-electron chi connectivity index (χ3n) is 3.81. The fraction of sp³-hybridized carbons (Fsp3) is 0.524. The maximum atomic E-state index is 11.7. The number of carbonyl (C=O) groups excluding carboxylic acids is 2. The topological polar surface area (TPSA) is 143 Å². The molecule has 0 radical (unpaired) electrons. The van der Waals surface area contributed by atoms with Gasteiger partial charge in [0.15, 0.2) is 5.69 Å². The van der Waals surface area contributed by atoms with Crippen LogP contribution in [0.1, 0.15) is 50.4 Å². The molecule has 1 aromatic rings. The number of nitrogens with two attached hydrogens (primary N) is 1. The molecule has 0 aliphatic carbocycles. The van der Waals surface area contributed by atoms with Gasteiger partial charge in [-0.3, -0.25) is 19.7 Å². The zero-order valence-corrected chi connectivity index (χ0v) is 18.4. The van der Waals surface area contributed by atoms with E-state index in [0.717, 1.165) is 6.07 Å².